The molecule has 0 fully saturated rings. The Kier molecular flexibility index (Phi) is 13.8. The van der Waals surface area contributed by atoms with Gasteiger partial charge in [0.25, 0.3) is 0 Å². The molecule has 378 valence electrons. The summed E-state index contributed by atoms with van der Waals surface area (Å²) in [4.78, 5) is 4.69. The van der Waals surface area contributed by atoms with Crippen LogP contribution in [0.15, 0.2) is 340 Å². The zero-order valence-electron chi connectivity index (χ0n) is 44.2. The number of hydrogen-bond acceptors (Lipinski definition) is 2. The minimum absolute atomic E-state index is 1.09. The van der Waals surface area contributed by atoms with E-state index in [2.05, 4.69) is 350 Å². The molecule has 2 nitrogen and oxygen atoms in total. The molecule has 13 aromatic carbocycles. The fourth-order valence-electron chi connectivity index (χ4n) is 10.8. The molecule has 0 radical (unpaired) electrons. The summed E-state index contributed by atoms with van der Waals surface area (Å²) >= 11 is 0. The van der Waals surface area contributed by atoms with Crippen LogP contribution in [0.1, 0.15) is 0 Å². The molecule has 0 atom stereocenters. The lowest BCUT2D eigenvalue weighted by atomic mass is 9.98. The van der Waals surface area contributed by atoms with Gasteiger partial charge in [-0.3, -0.25) is 0 Å². The topological polar surface area (TPSA) is 6.48 Å². The van der Waals surface area contributed by atoms with Crippen LogP contribution in [0.3, 0.4) is 0 Å². The van der Waals surface area contributed by atoms with Gasteiger partial charge in [-0.05, 0) is 174 Å². The molecule has 0 heterocycles. The lowest BCUT2D eigenvalue weighted by molar-refractivity contribution is 1.28. The fraction of sp³-hybridized carbons (Fsp3) is 0. The maximum Gasteiger partial charge on any atom is 0.0462 e. The second kappa shape index (κ2) is 22.6. The molecule has 0 saturated heterocycles. The Morgan fingerprint density at radius 3 is 0.450 bits per heavy atom. The first-order chi connectivity index (χ1) is 39.6. The van der Waals surface area contributed by atoms with Crippen LogP contribution in [0.25, 0.3) is 89.0 Å². The third kappa shape index (κ3) is 10.6. The average Bonchev–Trinajstić information content (AvgIpc) is 3.56. The van der Waals surface area contributed by atoms with Crippen LogP contribution in [-0.4, -0.2) is 0 Å². The molecule has 2 heteroatoms. The quantitative estimate of drug-likeness (QED) is 0.107. The van der Waals surface area contributed by atoms with Crippen LogP contribution in [0.4, 0.5) is 34.1 Å². The molecule has 0 amide bonds. The zero-order chi connectivity index (χ0) is 53.5. The predicted molar refractivity (Wildman–Crippen MR) is 339 cm³/mol. The van der Waals surface area contributed by atoms with Gasteiger partial charge < -0.3 is 9.80 Å². The normalized spacial score (nSPS) is 11.0. The molecule has 0 spiro atoms. The van der Waals surface area contributed by atoms with Crippen molar-refractivity contribution in [3.05, 3.63) is 340 Å². The van der Waals surface area contributed by atoms with E-state index in [1.54, 1.807) is 0 Å². The van der Waals surface area contributed by atoms with Crippen LogP contribution in [0.5, 0.6) is 0 Å². The molecular weight excluding hydrogens is 965 g/mol. The highest BCUT2D eigenvalue weighted by Crippen LogP contribution is 2.41. The van der Waals surface area contributed by atoms with Gasteiger partial charge in [-0.2, -0.15) is 0 Å². The second-order valence-corrected chi connectivity index (χ2v) is 20.2. The van der Waals surface area contributed by atoms with E-state index < -0.39 is 0 Å². The van der Waals surface area contributed by atoms with Crippen molar-refractivity contribution in [3.63, 3.8) is 0 Å². The van der Waals surface area contributed by atoms with Gasteiger partial charge in [0, 0.05) is 34.1 Å². The molecule has 0 aromatic heterocycles. The molecule has 0 N–H and O–H groups in total. The summed E-state index contributed by atoms with van der Waals surface area (Å²) in [6.07, 6.45) is 0. The number of rotatable bonds is 14. The van der Waals surface area contributed by atoms with Crippen molar-refractivity contribution in [2.24, 2.45) is 0 Å². The number of hydrogen-bond donors (Lipinski definition) is 0. The van der Waals surface area contributed by atoms with E-state index in [9.17, 15) is 0 Å². The van der Waals surface area contributed by atoms with E-state index in [1.807, 2.05) is 0 Å². The third-order valence-corrected chi connectivity index (χ3v) is 15.1. The third-order valence-electron chi connectivity index (χ3n) is 15.1. The molecule has 0 aliphatic heterocycles. The van der Waals surface area contributed by atoms with Crippen molar-refractivity contribution >= 4 is 34.1 Å². The summed E-state index contributed by atoms with van der Waals surface area (Å²) in [5.74, 6) is 0. The predicted octanol–water partition coefficient (Wildman–Crippen LogP) is 22.0. The van der Waals surface area contributed by atoms with Crippen LogP contribution in [0.2, 0.25) is 0 Å². The zero-order valence-corrected chi connectivity index (χ0v) is 44.2. The van der Waals surface area contributed by atoms with Crippen molar-refractivity contribution in [2.45, 2.75) is 0 Å². The van der Waals surface area contributed by atoms with Gasteiger partial charge >= 0.3 is 0 Å². The average molecular weight is 1020 g/mol. The van der Waals surface area contributed by atoms with Crippen LogP contribution in [-0.2, 0) is 0 Å². The maximum atomic E-state index is 2.34. The maximum absolute atomic E-state index is 2.34. The minimum Gasteiger partial charge on any atom is -0.311 e. The Hall–Kier alpha value is -10.5. The van der Waals surface area contributed by atoms with Crippen molar-refractivity contribution in [1.29, 1.82) is 0 Å². The first kappa shape index (κ1) is 49.1. The van der Waals surface area contributed by atoms with E-state index in [0.29, 0.717) is 0 Å². The Morgan fingerprint density at radius 1 is 0.113 bits per heavy atom. The fourth-order valence-corrected chi connectivity index (χ4v) is 10.8. The highest BCUT2D eigenvalue weighted by Gasteiger charge is 2.17. The monoisotopic (exact) mass is 1020 g/mol. The smallest absolute Gasteiger partial charge is 0.0462 e. The Morgan fingerprint density at radius 2 is 0.250 bits per heavy atom. The number of nitrogens with zero attached hydrogens (tertiary/aromatic N) is 2. The van der Waals surface area contributed by atoms with Gasteiger partial charge in [-0.15, -0.1) is 0 Å². The highest BCUT2D eigenvalue weighted by atomic mass is 15.1. The summed E-state index contributed by atoms with van der Waals surface area (Å²) in [5, 5.41) is 0. The van der Waals surface area contributed by atoms with Crippen LogP contribution in [0, 0.1) is 0 Å². The second-order valence-electron chi connectivity index (χ2n) is 20.2. The molecule has 0 aliphatic rings. The lowest BCUT2D eigenvalue weighted by Gasteiger charge is -2.26. The van der Waals surface area contributed by atoms with Crippen molar-refractivity contribution < 1.29 is 0 Å². The summed E-state index contributed by atoms with van der Waals surface area (Å²) in [6.45, 7) is 0. The Bertz CT molecular complexity index is 3850. The van der Waals surface area contributed by atoms with Crippen molar-refractivity contribution in [1.82, 2.24) is 0 Å². The van der Waals surface area contributed by atoms with Gasteiger partial charge in [0.05, 0.1) is 0 Å². The summed E-state index contributed by atoms with van der Waals surface area (Å²) in [7, 11) is 0. The number of anilines is 6. The minimum atomic E-state index is 1.09. The van der Waals surface area contributed by atoms with Crippen LogP contribution >= 0.6 is 0 Å². The standard InChI is InChI=1S/C78H56N2/c1-5-15-57(16-6-1)63-31-43-73(44-32-63)79(77-51-39-67(40-52-77)71-25-13-23-69(55-71)59-19-9-3-10-20-59)75-47-35-65(36-48-75)61-27-29-62(30-28-61)66-37-49-76(50-38-66)80(74-45-33-64(34-46-74)58-17-7-2-8-18-58)78-53-41-68(42-54-78)72-26-14-24-70(56-72)60-21-11-4-12-22-60/h1-56H. The van der Waals surface area contributed by atoms with Crippen molar-refractivity contribution in [3.8, 4) is 89.0 Å². The summed E-state index contributed by atoms with van der Waals surface area (Å²) in [6, 6.07) is 122. The van der Waals surface area contributed by atoms with E-state index in [4.69, 9.17) is 0 Å². The summed E-state index contributed by atoms with van der Waals surface area (Å²) in [5.41, 5.74) is 25.5. The van der Waals surface area contributed by atoms with E-state index in [-0.39, 0.29) is 0 Å². The van der Waals surface area contributed by atoms with E-state index in [0.717, 1.165) is 56.4 Å². The Labute approximate surface area is 470 Å². The molecule has 0 saturated carbocycles. The van der Waals surface area contributed by atoms with Gasteiger partial charge in [-0.1, -0.05) is 255 Å². The first-order valence-corrected chi connectivity index (χ1v) is 27.4. The molecule has 13 rings (SSSR count). The van der Waals surface area contributed by atoms with Crippen molar-refractivity contribution in [2.75, 3.05) is 9.80 Å². The van der Waals surface area contributed by atoms with Gasteiger partial charge in [-0.25, -0.2) is 0 Å². The number of benzene rings is 13. The molecule has 0 unspecified atom stereocenters. The van der Waals surface area contributed by atoms with Gasteiger partial charge in [0.15, 0.2) is 0 Å². The van der Waals surface area contributed by atoms with Crippen LogP contribution < -0.4 is 9.80 Å². The van der Waals surface area contributed by atoms with Gasteiger partial charge in [0.1, 0.15) is 0 Å². The largest absolute Gasteiger partial charge is 0.311 e. The van der Waals surface area contributed by atoms with E-state index >= 15 is 0 Å². The van der Waals surface area contributed by atoms with Gasteiger partial charge in [0.2, 0.25) is 0 Å². The summed E-state index contributed by atoms with van der Waals surface area (Å²) < 4.78 is 0. The first-order valence-electron chi connectivity index (χ1n) is 27.4. The molecule has 0 bridgehead atoms. The highest BCUT2D eigenvalue weighted by molar-refractivity contribution is 5.85. The SMILES string of the molecule is c1ccc(-c2ccc(N(c3ccc(-c4ccc(-c5ccc(N(c6ccc(-c7ccccc7)cc6)c6ccc(-c7cccc(-c8ccccc8)c7)cc6)cc5)cc4)cc3)c3ccc(-c4cccc(-c5ccccc5)c4)cc3)cc2)cc1. The molecule has 0 aliphatic carbocycles. The molecule has 13 aromatic rings. The Balaban J connectivity index is 0.763. The molecule has 80 heavy (non-hydrogen) atoms. The molecular formula is C78H56N2. The lowest BCUT2D eigenvalue weighted by Crippen LogP contribution is -2.09. The van der Waals surface area contributed by atoms with E-state index in [1.165, 1.54) is 66.8 Å².